The molecule has 0 bridgehead atoms. The second kappa shape index (κ2) is 5.92. The quantitative estimate of drug-likeness (QED) is 0.395. The molecule has 1 aliphatic heterocycles. The van der Waals surface area contributed by atoms with Gasteiger partial charge in [-0.3, -0.25) is 5.26 Å². The van der Waals surface area contributed by atoms with Gasteiger partial charge in [0.1, 0.15) is 22.5 Å². The van der Waals surface area contributed by atoms with E-state index in [2.05, 4.69) is 4.89 Å². The van der Waals surface area contributed by atoms with Crippen LogP contribution in [0.3, 0.4) is 0 Å². The van der Waals surface area contributed by atoms with Gasteiger partial charge in [0.15, 0.2) is 0 Å². The Morgan fingerprint density at radius 2 is 2.04 bits per heavy atom. The third kappa shape index (κ3) is 3.27. The van der Waals surface area contributed by atoms with Crippen LogP contribution in [-0.2, 0) is 4.89 Å². The van der Waals surface area contributed by atoms with Gasteiger partial charge >= 0.3 is 5.63 Å². The Balaban J connectivity index is 1.89. The van der Waals surface area contributed by atoms with E-state index in [0.717, 1.165) is 10.9 Å². The van der Waals surface area contributed by atoms with E-state index in [1.807, 2.05) is 37.3 Å². The Morgan fingerprint density at radius 1 is 1.29 bits per heavy atom. The van der Waals surface area contributed by atoms with Gasteiger partial charge in [-0.25, -0.2) is 9.68 Å². The summed E-state index contributed by atoms with van der Waals surface area (Å²) in [6, 6.07) is 6.89. The van der Waals surface area contributed by atoms with E-state index in [1.54, 1.807) is 26.0 Å². The van der Waals surface area contributed by atoms with Crippen molar-refractivity contribution in [3.05, 3.63) is 58.5 Å². The van der Waals surface area contributed by atoms with Crippen LogP contribution in [0.4, 0.5) is 0 Å². The molecule has 1 aromatic heterocycles. The molecule has 1 atom stereocenters. The highest BCUT2D eigenvalue weighted by atomic mass is 17.1. The van der Waals surface area contributed by atoms with Crippen molar-refractivity contribution in [3.8, 4) is 5.75 Å². The fourth-order valence-electron chi connectivity index (χ4n) is 2.64. The molecule has 0 amide bonds. The number of benzene rings is 1. The number of ether oxygens (including phenoxy) is 1. The molecule has 0 fully saturated rings. The first-order chi connectivity index (χ1) is 11.3. The summed E-state index contributed by atoms with van der Waals surface area (Å²) >= 11 is 0. The van der Waals surface area contributed by atoms with Crippen molar-refractivity contribution < 1.29 is 19.3 Å². The maximum absolute atomic E-state index is 11.5. The minimum Gasteiger partial charge on any atom is -0.482 e. The van der Waals surface area contributed by atoms with E-state index in [-0.39, 0.29) is 5.63 Å². The molecule has 0 saturated heterocycles. The summed E-state index contributed by atoms with van der Waals surface area (Å²) in [6.07, 6.45) is 8.16. The summed E-state index contributed by atoms with van der Waals surface area (Å²) in [5.74, 6) is 0.674. The molecule has 1 aromatic carbocycles. The highest BCUT2D eigenvalue weighted by Crippen LogP contribution is 2.37. The number of hydrogen-bond donors (Lipinski definition) is 1. The van der Waals surface area contributed by atoms with E-state index in [9.17, 15) is 4.79 Å². The highest BCUT2D eigenvalue weighted by molar-refractivity contribution is 5.89. The minimum absolute atomic E-state index is 0.383. The van der Waals surface area contributed by atoms with Crippen molar-refractivity contribution in [2.24, 2.45) is 0 Å². The van der Waals surface area contributed by atoms with Crippen LogP contribution >= 0.6 is 0 Å². The van der Waals surface area contributed by atoms with Crippen molar-refractivity contribution in [1.82, 2.24) is 0 Å². The fourth-order valence-corrected chi connectivity index (χ4v) is 2.64. The number of hydrogen-bond acceptors (Lipinski definition) is 5. The highest BCUT2D eigenvalue weighted by Gasteiger charge is 2.28. The molecule has 0 spiro atoms. The predicted octanol–water partition coefficient (Wildman–Crippen LogP) is 4.17. The van der Waals surface area contributed by atoms with Crippen molar-refractivity contribution in [2.45, 2.75) is 38.4 Å². The summed E-state index contributed by atoms with van der Waals surface area (Å²) in [5, 5.41) is 9.67. The predicted molar refractivity (Wildman–Crippen MR) is 92.1 cm³/mol. The molecule has 1 unspecified atom stereocenters. The van der Waals surface area contributed by atoms with E-state index in [1.165, 1.54) is 6.07 Å². The summed E-state index contributed by atoms with van der Waals surface area (Å²) in [5.41, 5.74) is -0.356. The molecule has 1 aliphatic rings. The Labute approximate surface area is 139 Å². The molecular weight excluding hydrogens is 308 g/mol. The molecular formula is C19H20O5. The van der Waals surface area contributed by atoms with Crippen LogP contribution in [0.15, 0.2) is 51.7 Å². The molecule has 2 heterocycles. The lowest BCUT2D eigenvalue weighted by Crippen LogP contribution is -2.31. The normalized spacial score (nSPS) is 20.3. The third-order valence-corrected chi connectivity index (χ3v) is 4.01. The molecule has 126 valence electrons. The molecule has 24 heavy (non-hydrogen) atoms. The van der Waals surface area contributed by atoms with Crippen molar-refractivity contribution in [2.75, 3.05) is 0 Å². The molecule has 3 rings (SSSR count). The largest absolute Gasteiger partial charge is 0.482 e. The van der Waals surface area contributed by atoms with Gasteiger partial charge in [-0.05, 0) is 51.1 Å². The van der Waals surface area contributed by atoms with Crippen molar-refractivity contribution in [3.63, 3.8) is 0 Å². The lowest BCUT2D eigenvalue weighted by Gasteiger charge is -2.31. The SMILES string of the molecule is CC(C)(C=CCC1(C)C=Cc2c(ccc3ccc(=O)oc23)O1)OO. The summed E-state index contributed by atoms with van der Waals surface area (Å²) in [4.78, 5) is 15.9. The summed E-state index contributed by atoms with van der Waals surface area (Å²) < 4.78 is 11.4. The molecule has 5 nitrogen and oxygen atoms in total. The molecule has 0 saturated carbocycles. The Bertz CT molecular complexity index is 875. The second-order valence-electron chi connectivity index (χ2n) is 6.70. The third-order valence-electron chi connectivity index (χ3n) is 4.01. The van der Waals surface area contributed by atoms with Crippen LogP contribution < -0.4 is 10.4 Å². The zero-order chi connectivity index (χ0) is 17.4. The maximum Gasteiger partial charge on any atom is 0.336 e. The van der Waals surface area contributed by atoms with Gasteiger partial charge < -0.3 is 9.15 Å². The van der Waals surface area contributed by atoms with Gasteiger partial charge in [0.2, 0.25) is 0 Å². The summed E-state index contributed by atoms with van der Waals surface area (Å²) in [6.45, 7) is 5.48. The van der Waals surface area contributed by atoms with Crippen molar-refractivity contribution in [1.29, 1.82) is 0 Å². The van der Waals surface area contributed by atoms with Crippen LogP contribution in [0, 0.1) is 0 Å². The van der Waals surface area contributed by atoms with E-state index in [0.29, 0.717) is 17.8 Å². The maximum atomic E-state index is 11.5. The molecule has 2 aromatic rings. The summed E-state index contributed by atoms with van der Waals surface area (Å²) in [7, 11) is 0. The monoisotopic (exact) mass is 328 g/mol. The Morgan fingerprint density at radius 3 is 2.79 bits per heavy atom. The first-order valence-electron chi connectivity index (χ1n) is 7.77. The first kappa shape index (κ1) is 16.5. The molecule has 0 radical (unpaired) electrons. The number of rotatable bonds is 4. The Hall–Kier alpha value is -2.37. The van der Waals surface area contributed by atoms with Gasteiger partial charge in [0.25, 0.3) is 0 Å². The van der Waals surface area contributed by atoms with Crippen LogP contribution in [-0.4, -0.2) is 16.5 Å². The first-order valence-corrected chi connectivity index (χ1v) is 7.77. The number of fused-ring (bicyclic) bond motifs is 3. The van der Waals surface area contributed by atoms with Crippen LogP contribution in [0.5, 0.6) is 5.75 Å². The fraction of sp³-hybridized carbons (Fsp3) is 0.316. The smallest absolute Gasteiger partial charge is 0.336 e. The topological polar surface area (TPSA) is 68.9 Å². The average Bonchev–Trinajstić information content (AvgIpc) is 2.54. The van der Waals surface area contributed by atoms with Gasteiger partial charge in [-0.15, -0.1) is 0 Å². The van der Waals surface area contributed by atoms with Gasteiger partial charge in [0, 0.05) is 17.9 Å². The van der Waals surface area contributed by atoms with Gasteiger partial charge in [0.05, 0.1) is 5.56 Å². The average molecular weight is 328 g/mol. The van der Waals surface area contributed by atoms with Gasteiger partial charge in [-0.2, -0.15) is 0 Å². The lowest BCUT2D eigenvalue weighted by atomic mass is 9.95. The van der Waals surface area contributed by atoms with E-state index >= 15 is 0 Å². The van der Waals surface area contributed by atoms with Crippen LogP contribution in [0.2, 0.25) is 0 Å². The van der Waals surface area contributed by atoms with Crippen molar-refractivity contribution >= 4 is 17.0 Å². The standard InChI is InChI=1S/C19H20O5/c1-18(2,24-21)10-4-11-19(3)12-9-14-15(23-19)7-5-13-6-8-16(20)22-17(13)14/h4-10,12,21H,11H2,1-3H3. The van der Waals surface area contributed by atoms with Crippen LogP contribution in [0.25, 0.3) is 17.0 Å². The van der Waals surface area contributed by atoms with Crippen LogP contribution in [0.1, 0.15) is 32.8 Å². The minimum atomic E-state index is -0.744. The molecule has 1 N–H and O–H groups in total. The van der Waals surface area contributed by atoms with E-state index in [4.69, 9.17) is 14.4 Å². The zero-order valence-corrected chi connectivity index (χ0v) is 13.9. The van der Waals surface area contributed by atoms with Gasteiger partial charge in [-0.1, -0.05) is 12.2 Å². The lowest BCUT2D eigenvalue weighted by molar-refractivity contribution is -0.297. The molecule has 5 heteroatoms. The van der Waals surface area contributed by atoms with E-state index < -0.39 is 11.2 Å². The Kier molecular flexibility index (Phi) is 4.07. The second-order valence-corrected chi connectivity index (χ2v) is 6.70. The molecule has 0 aliphatic carbocycles. The zero-order valence-electron chi connectivity index (χ0n) is 13.9.